The summed E-state index contributed by atoms with van der Waals surface area (Å²) in [7, 11) is 1.58. The van der Waals surface area contributed by atoms with Gasteiger partial charge in [-0.2, -0.15) is 0 Å². The third-order valence-corrected chi connectivity index (χ3v) is 3.11. The minimum Gasteiger partial charge on any atom is -0.383 e. The van der Waals surface area contributed by atoms with Crippen LogP contribution in [-0.2, 0) is 16.1 Å². The third-order valence-electron chi connectivity index (χ3n) is 3.11. The zero-order chi connectivity index (χ0) is 14.4. The van der Waals surface area contributed by atoms with Crippen LogP contribution in [0.1, 0.15) is 5.56 Å². The lowest BCUT2D eigenvalue weighted by Crippen LogP contribution is -2.40. The molecule has 1 fully saturated rings. The number of methoxy groups -OCH3 is 1. The number of nitrogens with zero attached hydrogens (tertiary/aromatic N) is 2. The van der Waals surface area contributed by atoms with Crippen LogP contribution >= 0.6 is 0 Å². The van der Waals surface area contributed by atoms with Crippen LogP contribution in [0.4, 0.5) is 4.79 Å². The van der Waals surface area contributed by atoms with E-state index in [9.17, 15) is 9.59 Å². The second kappa shape index (κ2) is 6.91. The van der Waals surface area contributed by atoms with Crippen molar-refractivity contribution in [3.63, 3.8) is 0 Å². The second-order valence-electron chi connectivity index (χ2n) is 4.64. The number of carbonyl (C=O) groups excluding carboxylic acids is 2. The van der Waals surface area contributed by atoms with Crippen LogP contribution in [0, 0.1) is 0 Å². The molecule has 0 aromatic heterocycles. The van der Waals surface area contributed by atoms with E-state index in [0.29, 0.717) is 26.4 Å². The van der Waals surface area contributed by atoms with Crippen LogP contribution in [0.2, 0.25) is 0 Å². The summed E-state index contributed by atoms with van der Waals surface area (Å²) >= 11 is 0. The number of urea groups is 1. The molecule has 1 heterocycles. The first kappa shape index (κ1) is 14.3. The van der Waals surface area contributed by atoms with Crippen molar-refractivity contribution >= 4 is 11.9 Å². The smallest absolute Gasteiger partial charge is 0.319 e. The molecule has 1 saturated heterocycles. The predicted molar refractivity (Wildman–Crippen MR) is 73.8 cm³/mol. The zero-order valence-electron chi connectivity index (χ0n) is 11.5. The molecule has 0 bridgehead atoms. The molecule has 6 nitrogen and oxygen atoms in total. The van der Waals surface area contributed by atoms with Crippen molar-refractivity contribution in [3.8, 4) is 0 Å². The number of amides is 3. The quantitative estimate of drug-likeness (QED) is 0.804. The zero-order valence-corrected chi connectivity index (χ0v) is 11.5. The van der Waals surface area contributed by atoms with Crippen molar-refractivity contribution in [1.29, 1.82) is 0 Å². The monoisotopic (exact) mass is 277 g/mol. The van der Waals surface area contributed by atoms with Crippen molar-refractivity contribution in [1.82, 2.24) is 15.1 Å². The topological polar surface area (TPSA) is 61.9 Å². The molecule has 1 aromatic rings. The van der Waals surface area contributed by atoms with E-state index < -0.39 is 0 Å². The van der Waals surface area contributed by atoms with Gasteiger partial charge in [0.05, 0.1) is 13.3 Å². The van der Waals surface area contributed by atoms with Gasteiger partial charge in [0.15, 0.2) is 0 Å². The van der Waals surface area contributed by atoms with E-state index >= 15 is 0 Å². The van der Waals surface area contributed by atoms with Gasteiger partial charge in [-0.05, 0) is 5.56 Å². The highest BCUT2D eigenvalue weighted by Gasteiger charge is 2.30. The summed E-state index contributed by atoms with van der Waals surface area (Å²) < 4.78 is 4.87. The SMILES string of the molecule is COCCNC(=O)N1CC(=O)N(Cc2ccccc2)C1. The normalized spacial score (nSPS) is 14.8. The third kappa shape index (κ3) is 3.71. The lowest BCUT2D eigenvalue weighted by Gasteiger charge is -2.18. The predicted octanol–water partition coefficient (Wildman–Crippen LogP) is 0.644. The van der Waals surface area contributed by atoms with Gasteiger partial charge in [-0.3, -0.25) is 9.69 Å². The number of hydrogen-bond acceptors (Lipinski definition) is 3. The first-order valence-electron chi connectivity index (χ1n) is 6.54. The fourth-order valence-corrected chi connectivity index (χ4v) is 2.05. The van der Waals surface area contributed by atoms with Gasteiger partial charge in [0.25, 0.3) is 0 Å². The van der Waals surface area contributed by atoms with Gasteiger partial charge >= 0.3 is 6.03 Å². The molecular weight excluding hydrogens is 258 g/mol. The van der Waals surface area contributed by atoms with E-state index in [4.69, 9.17) is 4.74 Å². The lowest BCUT2D eigenvalue weighted by molar-refractivity contribution is -0.127. The second-order valence-corrected chi connectivity index (χ2v) is 4.64. The molecule has 0 unspecified atom stereocenters. The van der Waals surface area contributed by atoms with Crippen molar-refractivity contribution < 1.29 is 14.3 Å². The maximum Gasteiger partial charge on any atom is 0.319 e. The minimum absolute atomic E-state index is 0.0317. The van der Waals surface area contributed by atoms with Gasteiger partial charge < -0.3 is 15.0 Å². The van der Waals surface area contributed by atoms with E-state index in [1.165, 1.54) is 4.90 Å². The Morgan fingerprint density at radius 1 is 1.35 bits per heavy atom. The molecule has 0 aliphatic carbocycles. The highest BCUT2D eigenvalue weighted by atomic mass is 16.5. The molecule has 0 atom stereocenters. The first-order chi connectivity index (χ1) is 9.70. The van der Waals surface area contributed by atoms with E-state index in [2.05, 4.69) is 5.32 Å². The highest BCUT2D eigenvalue weighted by molar-refractivity contribution is 5.87. The Labute approximate surface area is 118 Å². The summed E-state index contributed by atoms with van der Waals surface area (Å²) in [5, 5.41) is 2.71. The van der Waals surface area contributed by atoms with E-state index in [-0.39, 0.29) is 18.5 Å². The molecule has 0 spiro atoms. The molecule has 3 amide bonds. The van der Waals surface area contributed by atoms with Gasteiger partial charge in [0.1, 0.15) is 6.54 Å². The number of carbonyl (C=O) groups is 2. The molecule has 20 heavy (non-hydrogen) atoms. The number of benzene rings is 1. The molecule has 108 valence electrons. The maximum atomic E-state index is 11.9. The van der Waals surface area contributed by atoms with Crippen molar-refractivity contribution in [2.45, 2.75) is 6.54 Å². The van der Waals surface area contributed by atoms with Crippen molar-refractivity contribution in [2.24, 2.45) is 0 Å². The van der Waals surface area contributed by atoms with Gasteiger partial charge in [-0.15, -0.1) is 0 Å². The summed E-state index contributed by atoms with van der Waals surface area (Å²) in [5.41, 5.74) is 1.06. The van der Waals surface area contributed by atoms with Gasteiger partial charge in [-0.1, -0.05) is 30.3 Å². The molecular formula is C14H19N3O3. The average Bonchev–Trinajstić information content (AvgIpc) is 2.82. The molecule has 1 aliphatic rings. The summed E-state index contributed by atoms with van der Waals surface area (Å²) in [5.74, 6) is -0.0317. The Kier molecular flexibility index (Phi) is 4.95. The van der Waals surface area contributed by atoms with Gasteiger partial charge in [-0.25, -0.2) is 4.79 Å². The average molecular weight is 277 g/mol. The van der Waals surface area contributed by atoms with Crippen LogP contribution in [-0.4, -0.2) is 55.2 Å². The maximum absolute atomic E-state index is 11.9. The Hall–Kier alpha value is -2.08. The molecule has 1 aromatic carbocycles. The summed E-state index contributed by atoms with van der Waals surface area (Å²) in [6, 6.07) is 9.51. The molecule has 0 saturated carbocycles. The standard InChI is InChI=1S/C14H19N3O3/c1-20-8-7-15-14(19)17-10-13(18)16(11-17)9-12-5-3-2-4-6-12/h2-6H,7-11H2,1H3,(H,15,19). The highest BCUT2D eigenvalue weighted by Crippen LogP contribution is 2.11. The number of hydrogen-bond donors (Lipinski definition) is 1. The van der Waals surface area contributed by atoms with E-state index in [1.807, 2.05) is 30.3 Å². The van der Waals surface area contributed by atoms with Crippen molar-refractivity contribution in [3.05, 3.63) is 35.9 Å². The van der Waals surface area contributed by atoms with Crippen LogP contribution in [0.3, 0.4) is 0 Å². The van der Waals surface area contributed by atoms with Crippen LogP contribution < -0.4 is 5.32 Å². The summed E-state index contributed by atoms with van der Waals surface area (Å²) in [6.45, 7) is 1.89. The Morgan fingerprint density at radius 3 is 2.80 bits per heavy atom. The number of ether oxygens (including phenoxy) is 1. The number of rotatable bonds is 5. The molecule has 2 rings (SSSR count). The fraction of sp³-hybridized carbons (Fsp3) is 0.429. The van der Waals surface area contributed by atoms with E-state index in [0.717, 1.165) is 5.56 Å². The Bertz CT molecular complexity index is 464. The largest absolute Gasteiger partial charge is 0.383 e. The summed E-state index contributed by atoms with van der Waals surface area (Å²) in [4.78, 5) is 26.9. The van der Waals surface area contributed by atoms with Crippen LogP contribution in [0.5, 0.6) is 0 Å². The fourth-order valence-electron chi connectivity index (χ4n) is 2.05. The van der Waals surface area contributed by atoms with Crippen LogP contribution in [0.25, 0.3) is 0 Å². The molecule has 1 N–H and O–H groups in total. The molecule has 1 aliphatic heterocycles. The molecule has 6 heteroatoms. The van der Waals surface area contributed by atoms with Gasteiger partial charge in [0, 0.05) is 20.2 Å². The first-order valence-corrected chi connectivity index (χ1v) is 6.54. The Balaban J connectivity index is 1.85. The van der Waals surface area contributed by atoms with E-state index in [1.54, 1.807) is 12.0 Å². The Morgan fingerprint density at radius 2 is 2.10 bits per heavy atom. The lowest BCUT2D eigenvalue weighted by atomic mass is 10.2. The number of nitrogens with one attached hydrogen (secondary N) is 1. The van der Waals surface area contributed by atoms with Gasteiger partial charge in [0.2, 0.25) is 5.91 Å². The van der Waals surface area contributed by atoms with Crippen molar-refractivity contribution in [2.75, 3.05) is 33.5 Å². The van der Waals surface area contributed by atoms with Crippen LogP contribution in [0.15, 0.2) is 30.3 Å². The minimum atomic E-state index is -0.231. The summed E-state index contributed by atoms with van der Waals surface area (Å²) in [6.07, 6.45) is 0. The molecule has 0 radical (unpaired) electrons.